The van der Waals surface area contributed by atoms with Crippen LogP contribution < -0.4 is 10.0 Å². The molecular formula is C19H28N2O5S. The fourth-order valence-corrected chi connectivity index (χ4v) is 4.46. The molecule has 1 aliphatic carbocycles. The first kappa shape index (κ1) is 21.4. The third-order valence-corrected chi connectivity index (χ3v) is 6.22. The number of carbonyl (C=O) groups is 2. The Bertz CT molecular complexity index is 776. The highest BCUT2D eigenvalue weighted by Crippen LogP contribution is 2.23. The van der Waals surface area contributed by atoms with Crippen LogP contribution in [0, 0.1) is 5.92 Å². The van der Waals surface area contributed by atoms with Crippen LogP contribution in [0.1, 0.15) is 56.8 Å². The predicted molar refractivity (Wildman–Crippen MR) is 102 cm³/mol. The Morgan fingerprint density at radius 3 is 2.59 bits per heavy atom. The summed E-state index contributed by atoms with van der Waals surface area (Å²) in [6, 6.07) is 5.41. The van der Waals surface area contributed by atoms with Crippen molar-refractivity contribution in [3.63, 3.8) is 0 Å². The largest absolute Gasteiger partial charge is 0.452 e. The highest BCUT2D eigenvalue weighted by molar-refractivity contribution is 7.89. The van der Waals surface area contributed by atoms with Crippen LogP contribution in [0.25, 0.3) is 0 Å². The van der Waals surface area contributed by atoms with Crippen molar-refractivity contribution in [1.29, 1.82) is 0 Å². The minimum absolute atomic E-state index is 0.0221. The number of sulfonamides is 1. The number of amides is 1. The van der Waals surface area contributed by atoms with Crippen LogP contribution in [0.5, 0.6) is 0 Å². The first-order valence-electron chi connectivity index (χ1n) is 9.28. The highest BCUT2D eigenvalue weighted by Gasteiger charge is 2.23. The van der Waals surface area contributed by atoms with Crippen LogP contribution >= 0.6 is 0 Å². The Hall–Kier alpha value is -1.93. The number of hydrogen-bond donors (Lipinski definition) is 2. The van der Waals surface area contributed by atoms with Crippen LogP contribution in [0.3, 0.4) is 0 Å². The van der Waals surface area contributed by atoms with Crippen molar-refractivity contribution in [3.05, 3.63) is 29.8 Å². The average Bonchev–Trinajstić information content (AvgIpc) is 2.61. The summed E-state index contributed by atoms with van der Waals surface area (Å²) in [6.45, 7) is 5.14. The van der Waals surface area contributed by atoms with E-state index in [1.165, 1.54) is 30.7 Å². The summed E-state index contributed by atoms with van der Waals surface area (Å²) in [6.07, 6.45) is 4.27. The summed E-state index contributed by atoms with van der Waals surface area (Å²) >= 11 is 0. The number of hydrogen-bond acceptors (Lipinski definition) is 5. The van der Waals surface area contributed by atoms with Crippen molar-refractivity contribution in [2.75, 3.05) is 6.61 Å². The quantitative estimate of drug-likeness (QED) is 0.688. The van der Waals surface area contributed by atoms with E-state index in [-0.39, 0.29) is 35.1 Å². The first-order chi connectivity index (χ1) is 12.7. The van der Waals surface area contributed by atoms with Crippen LogP contribution in [-0.4, -0.2) is 39.0 Å². The van der Waals surface area contributed by atoms with Crippen molar-refractivity contribution in [2.45, 2.75) is 63.4 Å². The SMILES string of the molecule is CC(C)NS(=O)(=O)c1cccc(C(=O)OCC(=O)N[C@@H]2CCCC[C@H]2C)c1. The monoisotopic (exact) mass is 396 g/mol. The molecule has 1 aromatic carbocycles. The number of ether oxygens (including phenoxy) is 1. The lowest BCUT2D eigenvalue weighted by Gasteiger charge is -2.29. The fraction of sp³-hybridized carbons (Fsp3) is 0.579. The molecule has 0 aromatic heterocycles. The van der Waals surface area contributed by atoms with Gasteiger partial charge >= 0.3 is 5.97 Å². The van der Waals surface area contributed by atoms with Gasteiger partial charge in [0.25, 0.3) is 5.91 Å². The van der Waals surface area contributed by atoms with Crippen molar-refractivity contribution >= 4 is 21.9 Å². The van der Waals surface area contributed by atoms with Gasteiger partial charge in [-0.1, -0.05) is 25.8 Å². The molecule has 2 rings (SSSR count). The molecule has 0 aliphatic heterocycles. The molecule has 0 radical (unpaired) electrons. The molecule has 1 aromatic rings. The summed E-state index contributed by atoms with van der Waals surface area (Å²) < 4.78 is 31.9. The molecule has 0 saturated heterocycles. The van der Waals surface area contributed by atoms with Gasteiger partial charge in [0.05, 0.1) is 10.5 Å². The van der Waals surface area contributed by atoms with E-state index in [1.807, 2.05) is 0 Å². The lowest BCUT2D eigenvalue weighted by atomic mass is 9.86. The van der Waals surface area contributed by atoms with Gasteiger partial charge in [-0.15, -0.1) is 0 Å². The predicted octanol–water partition coefficient (Wildman–Crippen LogP) is 2.22. The van der Waals surface area contributed by atoms with E-state index in [2.05, 4.69) is 17.0 Å². The smallest absolute Gasteiger partial charge is 0.338 e. The maximum atomic E-state index is 12.2. The molecule has 0 spiro atoms. The van der Waals surface area contributed by atoms with Crippen LogP contribution in [-0.2, 0) is 19.6 Å². The fourth-order valence-electron chi connectivity index (χ4n) is 3.16. The zero-order chi connectivity index (χ0) is 20.0. The van der Waals surface area contributed by atoms with Gasteiger partial charge in [0, 0.05) is 12.1 Å². The minimum atomic E-state index is -3.71. The molecule has 1 fully saturated rings. The van der Waals surface area contributed by atoms with Crippen LogP contribution in [0.4, 0.5) is 0 Å². The average molecular weight is 397 g/mol. The van der Waals surface area contributed by atoms with Crippen molar-refractivity contribution in [2.24, 2.45) is 5.92 Å². The molecule has 2 atom stereocenters. The number of nitrogens with one attached hydrogen (secondary N) is 2. The van der Waals surface area contributed by atoms with Crippen LogP contribution in [0.15, 0.2) is 29.2 Å². The molecule has 1 saturated carbocycles. The van der Waals surface area contributed by atoms with Gasteiger partial charge in [-0.2, -0.15) is 0 Å². The van der Waals surface area contributed by atoms with Gasteiger partial charge in [-0.05, 0) is 50.8 Å². The lowest BCUT2D eigenvalue weighted by molar-refractivity contribution is -0.125. The normalized spacial score (nSPS) is 20.3. The molecule has 150 valence electrons. The van der Waals surface area contributed by atoms with Crippen molar-refractivity contribution < 1.29 is 22.7 Å². The topological polar surface area (TPSA) is 102 Å². The third kappa shape index (κ3) is 6.32. The molecule has 0 unspecified atom stereocenters. The van der Waals surface area contributed by atoms with E-state index in [0.717, 1.165) is 19.3 Å². The van der Waals surface area contributed by atoms with Crippen molar-refractivity contribution in [3.8, 4) is 0 Å². The molecule has 7 nitrogen and oxygen atoms in total. The molecule has 1 aliphatic rings. The van der Waals surface area contributed by atoms with E-state index in [0.29, 0.717) is 5.92 Å². The van der Waals surface area contributed by atoms with E-state index in [4.69, 9.17) is 4.74 Å². The Kier molecular flexibility index (Phi) is 7.38. The second-order valence-corrected chi connectivity index (χ2v) is 9.03. The molecule has 8 heteroatoms. The molecule has 1 amide bonds. The standard InChI is InChI=1S/C19H28N2O5S/c1-13(2)21-27(24,25)16-9-6-8-15(11-16)19(23)26-12-18(22)20-17-10-5-4-7-14(17)3/h6,8-9,11,13-14,17,21H,4-5,7,10,12H2,1-3H3,(H,20,22)/t14-,17-/m1/s1. The summed E-state index contributed by atoms with van der Waals surface area (Å²) in [5.74, 6) is -0.662. The van der Waals surface area contributed by atoms with E-state index < -0.39 is 16.0 Å². The highest BCUT2D eigenvalue weighted by atomic mass is 32.2. The Balaban J connectivity index is 1.94. The zero-order valence-corrected chi connectivity index (χ0v) is 16.8. The van der Waals surface area contributed by atoms with Gasteiger partial charge < -0.3 is 10.1 Å². The van der Waals surface area contributed by atoms with Gasteiger partial charge in [0.15, 0.2) is 6.61 Å². The van der Waals surface area contributed by atoms with Gasteiger partial charge in [-0.3, -0.25) is 4.79 Å². The lowest BCUT2D eigenvalue weighted by Crippen LogP contribution is -2.42. The van der Waals surface area contributed by atoms with Gasteiger partial charge in [0.2, 0.25) is 10.0 Å². The number of carbonyl (C=O) groups excluding carboxylic acids is 2. The number of rotatable bonds is 7. The minimum Gasteiger partial charge on any atom is -0.452 e. The molecule has 0 heterocycles. The maximum Gasteiger partial charge on any atom is 0.338 e. The van der Waals surface area contributed by atoms with E-state index in [1.54, 1.807) is 13.8 Å². The Morgan fingerprint density at radius 1 is 1.22 bits per heavy atom. The Labute approximate surface area is 160 Å². The van der Waals surface area contributed by atoms with Gasteiger partial charge in [0.1, 0.15) is 0 Å². The summed E-state index contributed by atoms with van der Waals surface area (Å²) in [7, 11) is -3.71. The zero-order valence-electron chi connectivity index (χ0n) is 16.0. The molecular weight excluding hydrogens is 368 g/mol. The summed E-state index contributed by atoms with van der Waals surface area (Å²) in [5.41, 5.74) is 0.0838. The second-order valence-electron chi connectivity index (χ2n) is 7.32. The number of benzene rings is 1. The Morgan fingerprint density at radius 2 is 1.93 bits per heavy atom. The number of esters is 1. The van der Waals surface area contributed by atoms with E-state index in [9.17, 15) is 18.0 Å². The summed E-state index contributed by atoms with van der Waals surface area (Å²) in [5, 5.41) is 2.91. The first-order valence-corrected chi connectivity index (χ1v) is 10.8. The van der Waals surface area contributed by atoms with E-state index >= 15 is 0 Å². The maximum absolute atomic E-state index is 12.2. The van der Waals surface area contributed by atoms with Crippen LogP contribution in [0.2, 0.25) is 0 Å². The molecule has 27 heavy (non-hydrogen) atoms. The molecule has 0 bridgehead atoms. The van der Waals surface area contributed by atoms with Crippen molar-refractivity contribution in [1.82, 2.24) is 10.0 Å². The van der Waals surface area contributed by atoms with Gasteiger partial charge in [-0.25, -0.2) is 17.9 Å². The molecule has 2 N–H and O–H groups in total. The summed E-state index contributed by atoms with van der Waals surface area (Å²) in [4.78, 5) is 24.2. The third-order valence-electron chi connectivity index (χ3n) is 4.56. The second kappa shape index (κ2) is 9.32.